The van der Waals surface area contributed by atoms with E-state index in [1.165, 1.54) is 18.7 Å². The van der Waals surface area contributed by atoms with E-state index in [0.717, 1.165) is 0 Å². The van der Waals surface area contributed by atoms with Gasteiger partial charge in [0, 0.05) is 19.9 Å². The van der Waals surface area contributed by atoms with Crippen LogP contribution < -0.4 is 5.32 Å². The lowest BCUT2D eigenvalue weighted by molar-refractivity contribution is -0.137. The Morgan fingerprint density at radius 3 is 2.50 bits per heavy atom. The molecule has 1 unspecified atom stereocenters. The molecular weight excluding hydrogens is 212 g/mol. The van der Waals surface area contributed by atoms with Crippen LogP contribution in [0.1, 0.15) is 20.3 Å². The number of aliphatic hydroxyl groups excluding tert-OH is 1. The normalized spacial score (nSPS) is 24.3. The number of likely N-dealkylation sites (tertiary alicyclic amines) is 1. The highest BCUT2D eigenvalue weighted by Crippen LogP contribution is 2.17. The lowest BCUT2D eigenvalue weighted by Crippen LogP contribution is -2.46. The Morgan fingerprint density at radius 2 is 2.00 bits per heavy atom. The van der Waals surface area contributed by atoms with Gasteiger partial charge in [0.15, 0.2) is 0 Å². The lowest BCUT2D eigenvalue weighted by atomic mass is 10.2. The monoisotopic (exact) mass is 228 g/mol. The SMILES string of the molecule is CC(=O)CNC(=O)[C@@H]1CC(O)CN1C(C)=O. The predicted molar refractivity (Wildman–Crippen MR) is 55.5 cm³/mol. The van der Waals surface area contributed by atoms with Crippen molar-refractivity contribution in [2.24, 2.45) is 0 Å². The maximum absolute atomic E-state index is 11.6. The molecule has 2 atom stereocenters. The van der Waals surface area contributed by atoms with Crippen molar-refractivity contribution < 1.29 is 19.5 Å². The number of ketones is 1. The summed E-state index contributed by atoms with van der Waals surface area (Å²) in [6.45, 7) is 2.85. The fraction of sp³-hybridized carbons (Fsp3) is 0.700. The Kier molecular flexibility index (Phi) is 4.00. The lowest BCUT2D eigenvalue weighted by Gasteiger charge is -2.21. The maximum Gasteiger partial charge on any atom is 0.243 e. The summed E-state index contributed by atoms with van der Waals surface area (Å²) in [5.74, 6) is -0.789. The van der Waals surface area contributed by atoms with Gasteiger partial charge >= 0.3 is 0 Å². The van der Waals surface area contributed by atoms with E-state index in [4.69, 9.17) is 0 Å². The summed E-state index contributed by atoms with van der Waals surface area (Å²) in [5.41, 5.74) is 0. The average Bonchev–Trinajstić information content (AvgIpc) is 2.56. The number of β-amino-alcohol motifs (C(OH)–C–C–N with tert-alkyl or cyclic N) is 1. The smallest absolute Gasteiger partial charge is 0.243 e. The fourth-order valence-electron chi connectivity index (χ4n) is 1.74. The quantitative estimate of drug-likeness (QED) is 0.627. The Morgan fingerprint density at radius 1 is 1.38 bits per heavy atom. The summed E-state index contributed by atoms with van der Waals surface area (Å²) < 4.78 is 0. The van der Waals surface area contributed by atoms with Crippen molar-refractivity contribution in [3.05, 3.63) is 0 Å². The van der Waals surface area contributed by atoms with E-state index in [9.17, 15) is 19.5 Å². The van der Waals surface area contributed by atoms with Gasteiger partial charge in [0.05, 0.1) is 12.6 Å². The number of Topliss-reactive ketones (excluding diaryl/α,β-unsaturated/α-hetero) is 1. The van der Waals surface area contributed by atoms with Crippen molar-refractivity contribution in [2.45, 2.75) is 32.4 Å². The third-order valence-corrected chi connectivity index (χ3v) is 2.50. The van der Waals surface area contributed by atoms with Gasteiger partial charge in [-0.15, -0.1) is 0 Å². The van der Waals surface area contributed by atoms with Crippen molar-refractivity contribution in [3.8, 4) is 0 Å². The zero-order valence-electron chi connectivity index (χ0n) is 9.40. The molecule has 0 aliphatic carbocycles. The summed E-state index contributed by atoms with van der Waals surface area (Å²) in [6.07, 6.45) is -0.444. The summed E-state index contributed by atoms with van der Waals surface area (Å²) in [4.78, 5) is 34.9. The third-order valence-electron chi connectivity index (χ3n) is 2.50. The van der Waals surface area contributed by atoms with Crippen LogP contribution in [0.3, 0.4) is 0 Å². The number of carbonyl (C=O) groups excluding carboxylic acids is 3. The van der Waals surface area contributed by atoms with E-state index in [0.29, 0.717) is 0 Å². The third kappa shape index (κ3) is 3.03. The van der Waals surface area contributed by atoms with Crippen LogP contribution in [0.5, 0.6) is 0 Å². The molecule has 0 saturated carbocycles. The number of nitrogens with one attached hydrogen (secondary N) is 1. The molecule has 1 aliphatic heterocycles. The number of amides is 2. The van der Waals surface area contributed by atoms with Gasteiger partial charge in [-0.25, -0.2) is 0 Å². The van der Waals surface area contributed by atoms with Gasteiger partial charge in [-0.3, -0.25) is 14.4 Å². The number of rotatable bonds is 3. The van der Waals surface area contributed by atoms with Crippen LogP contribution in [0.4, 0.5) is 0 Å². The predicted octanol–water partition coefficient (Wildman–Crippen LogP) is -1.33. The van der Waals surface area contributed by atoms with Gasteiger partial charge in [-0.1, -0.05) is 0 Å². The Bertz CT molecular complexity index is 316. The molecule has 1 aliphatic rings. The molecule has 2 N–H and O–H groups in total. The van der Waals surface area contributed by atoms with Crippen LogP contribution in [0.2, 0.25) is 0 Å². The molecule has 0 spiro atoms. The van der Waals surface area contributed by atoms with Crippen molar-refractivity contribution in [3.63, 3.8) is 0 Å². The van der Waals surface area contributed by atoms with Crippen LogP contribution >= 0.6 is 0 Å². The highest BCUT2D eigenvalue weighted by molar-refractivity contribution is 5.90. The van der Waals surface area contributed by atoms with E-state index in [1.807, 2.05) is 0 Å². The minimum Gasteiger partial charge on any atom is -0.391 e. The summed E-state index contributed by atoms with van der Waals surface area (Å²) >= 11 is 0. The van der Waals surface area contributed by atoms with Gasteiger partial charge in [0.25, 0.3) is 0 Å². The second kappa shape index (κ2) is 5.07. The van der Waals surface area contributed by atoms with Crippen LogP contribution in [0.25, 0.3) is 0 Å². The number of nitrogens with zero attached hydrogens (tertiary/aromatic N) is 1. The Balaban J connectivity index is 2.59. The van der Waals surface area contributed by atoms with E-state index in [1.54, 1.807) is 0 Å². The first kappa shape index (κ1) is 12.6. The number of aliphatic hydroxyl groups is 1. The Labute approximate surface area is 93.6 Å². The molecule has 6 nitrogen and oxygen atoms in total. The van der Waals surface area contributed by atoms with Gasteiger partial charge in [-0.05, 0) is 6.92 Å². The number of carbonyl (C=O) groups is 3. The van der Waals surface area contributed by atoms with E-state index < -0.39 is 12.1 Å². The fourth-order valence-corrected chi connectivity index (χ4v) is 1.74. The molecule has 0 bridgehead atoms. The molecule has 1 fully saturated rings. The summed E-state index contributed by atoms with van der Waals surface area (Å²) in [6, 6.07) is -0.660. The van der Waals surface area contributed by atoms with Gasteiger partial charge in [0.2, 0.25) is 11.8 Å². The van der Waals surface area contributed by atoms with Gasteiger partial charge in [0.1, 0.15) is 11.8 Å². The second-order valence-corrected chi connectivity index (χ2v) is 4.00. The highest BCUT2D eigenvalue weighted by atomic mass is 16.3. The number of hydrogen-bond acceptors (Lipinski definition) is 4. The van der Waals surface area contributed by atoms with Crippen LogP contribution in [0.15, 0.2) is 0 Å². The zero-order valence-corrected chi connectivity index (χ0v) is 9.40. The molecule has 6 heteroatoms. The minimum atomic E-state index is -0.669. The van der Waals surface area contributed by atoms with Gasteiger partial charge in [-0.2, -0.15) is 0 Å². The van der Waals surface area contributed by atoms with Crippen molar-refractivity contribution in [2.75, 3.05) is 13.1 Å². The molecular formula is C10H16N2O4. The molecule has 0 aromatic carbocycles. The molecule has 1 heterocycles. The molecule has 1 rings (SSSR count). The van der Waals surface area contributed by atoms with Crippen molar-refractivity contribution in [1.29, 1.82) is 0 Å². The first-order chi connectivity index (χ1) is 7.41. The van der Waals surface area contributed by atoms with E-state index >= 15 is 0 Å². The molecule has 1 saturated heterocycles. The van der Waals surface area contributed by atoms with Crippen LogP contribution in [0, 0.1) is 0 Å². The van der Waals surface area contributed by atoms with Gasteiger partial charge < -0.3 is 15.3 Å². The summed E-state index contributed by atoms with van der Waals surface area (Å²) in [5, 5.41) is 11.8. The molecule has 90 valence electrons. The van der Waals surface area contributed by atoms with E-state index in [-0.39, 0.29) is 37.1 Å². The minimum absolute atomic E-state index is 0.0445. The largest absolute Gasteiger partial charge is 0.391 e. The highest BCUT2D eigenvalue weighted by Gasteiger charge is 2.37. The maximum atomic E-state index is 11.6. The summed E-state index contributed by atoms with van der Waals surface area (Å²) in [7, 11) is 0. The second-order valence-electron chi connectivity index (χ2n) is 4.00. The average molecular weight is 228 g/mol. The van der Waals surface area contributed by atoms with Crippen molar-refractivity contribution >= 4 is 17.6 Å². The molecule has 2 amide bonds. The van der Waals surface area contributed by atoms with Crippen molar-refractivity contribution in [1.82, 2.24) is 10.2 Å². The molecule has 0 radical (unpaired) electrons. The topological polar surface area (TPSA) is 86.7 Å². The van der Waals surface area contributed by atoms with E-state index in [2.05, 4.69) is 5.32 Å². The zero-order chi connectivity index (χ0) is 12.3. The molecule has 0 aromatic rings. The van der Waals surface area contributed by atoms with Crippen LogP contribution in [-0.2, 0) is 14.4 Å². The van der Waals surface area contributed by atoms with Crippen LogP contribution in [-0.4, -0.2) is 52.8 Å². The standard InChI is InChI=1S/C10H16N2O4/c1-6(13)4-11-10(16)9-3-8(15)5-12(9)7(2)14/h8-9,15H,3-5H2,1-2H3,(H,11,16)/t8?,9-/m0/s1. The molecule has 0 aromatic heterocycles. The first-order valence-corrected chi connectivity index (χ1v) is 5.14. The first-order valence-electron chi connectivity index (χ1n) is 5.14. The number of hydrogen-bond donors (Lipinski definition) is 2. The molecule has 16 heavy (non-hydrogen) atoms. The Hall–Kier alpha value is -1.43.